The van der Waals surface area contributed by atoms with Crippen molar-refractivity contribution in [1.82, 2.24) is 4.98 Å². The highest BCUT2D eigenvalue weighted by atomic mass is 32.2. The molecule has 1 aliphatic rings. The van der Waals surface area contributed by atoms with Gasteiger partial charge in [-0.3, -0.25) is 4.79 Å². The van der Waals surface area contributed by atoms with Crippen molar-refractivity contribution in [2.75, 3.05) is 40.1 Å². The molecule has 2 N–H and O–H groups in total. The van der Waals surface area contributed by atoms with Gasteiger partial charge >= 0.3 is 0 Å². The Kier molecular flexibility index (Phi) is 6.09. The van der Waals surface area contributed by atoms with Crippen LogP contribution >= 0.6 is 23.1 Å². The first-order chi connectivity index (χ1) is 12.4. The number of amides is 1. The smallest absolute Gasteiger partial charge is 0.248 e. The molecule has 26 heavy (non-hydrogen) atoms. The van der Waals surface area contributed by atoms with E-state index in [9.17, 15) is 4.79 Å². The maximum atomic E-state index is 12.4. The van der Waals surface area contributed by atoms with Gasteiger partial charge in [-0.25, -0.2) is 4.98 Å². The molecule has 0 bridgehead atoms. The van der Waals surface area contributed by atoms with Crippen molar-refractivity contribution in [2.24, 2.45) is 0 Å². The van der Waals surface area contributed by atoms with Gasteiger partial charge in [-0.1, -0.05) is 0 Å². The van der Waals surface area contributed by atoms with Gasteiger partial charge < -0.3 is 15.5 Å². The lowest BCUT2D eigenvalue weighted by Gasteiger charge is -2.29. The molecular formula is C19H26N4OS2. The van der Waals surface area contributed by atoms with Gasteiger partial charge in [0.05, 0.1) is 5.69 Å². The molecule has 0 aliphatic carbocycles. The molecule has 1 aromatic carbocycles. The number of hydrogen-bond donors (Lipinski definition) is 2. The van der Waals surface area contributed by atoms with Gasteiger partial charge in [-0.2, -0.15) is 11.8 Å². The molecule has 0 spiro atoms. The average Bonchev–Trinajstić information content (AvgIpc) is 2.94. The van der Waals surface area contributed by atoms with Gasteiger partial charge in [0, 0.05) is 40.8 Å². The molecule has 1 atom stereocenters. The number of nitrogens with zero attached hydrogens (tertiary/aromatic N) is 2. The predicted molar refractivity (Wildman–Crippen MR) is 114 cm³/mol. The van der Waals surface area contributed by atoms with Crippen molar-refractivity contribution < 1.29 is 4.79 Å². The van der Waals surface area contributed by atoms with Crippen LogP contribution in [0.5, 0.6) is 0 Å². The predicted octanol–water partition coefficient (Wildman–Crippen LogP) is 4.06. The summed E-state index contributed by atoms with van der Waals surface area (Å²) in [5.41, 5.74) is 4.38. The van der Waals surface area contributed by atoms with Crippen LogP contribution in [-0.4, -0.2) is 41.5 Å². The minimum atomic E-state index is -0.338. The number of aryl methyl sites for hydroxylation is 3. The fraction of sp³-hybridized carbons (Fsp3) is 0.474. The minimum Gasteiger partial charge on any atom is -0.374 e. The summed E-state index contributed by atoms with van der Waals surface area (Å²) in [5, 5.41) is 6.89. The van der Waals surface area contributed by atoms with Crippen LogP contribution in [0.25, 0.3) is 0 Å². The molecule has 140 valence electrons. The molecule has 1 amide bonds. The van der Waals surface area contributed by atoms with E-state index in [0.717, 1.165) is 34.9 Å². The number of thiazole rings is 1. The largest absolute Gasteiger partial charge is 0.374 e. The lowest BCUT2D eigenvalue weighted by atomic mass is 10.1. The topological polar surface area (TPSA) is 57.3 Å². The lowest BCUT2D eigenvalue weighted by molar-refractivity contribution is -0.116. The first-order valence-corrected chi connectivity index (χ1v) is 10.9. The SMILES string of the molecule is Cc1cc(N2CCSCC2)ccc1N[C@@H](C)C(=O)Nc1nc(C)c(C)s1. The molecule has 5 nitrogen and oxygen atoms in total. The number of rotatable bonds is 5. The van der Waals surface area contributed by atoms with Crippen LogP contribution in [0.4, 0.5) is 16.5 Å². The van der Waals surface area contributed by atoms with E-state index >= 15 is 0 Å². The van der Waals surface area contributed by atoms with E-state index in [0.29, 0.717) is 5.13 Å². The quantitative estimate of drug-likeness (QED) is 0.806. The molecule has 0 radical (unpaired) electrons. The van der Waals surface area contributed by atoms with E-state index in [4.69, 9.17) is 0 Å². The molecule has 7 heteroatoms. The molecule has 2 aromatic rings. The number of benzene rings is 1. The lowest BCUT2D eigenvalue weighted by Crippen LogP contribution is -2.33. The Balaban J connectivity index is 1.62. The second-order valence-corrected chi connectivity index (χ2v) is 9.04. The Hall–Kier alpha value is -1.73. The van der Waals surface area contributed by atoms with E-state index in [2.05, 4.69) is 45.6 Å². The number of carbonyl (C=O) groups excluding carboxylic acids is 1. The molecule has 1 fully saturated rings. The third-order valence-electron chi connectivity index (χ3n) is 4.61. The zero-order valence-electron chi connectivity index (χ0n) is 15.8. The standard InChI is InChI=1S/C19H26N4OS2/c1-12-11-16(23-7-9-25-10-8-23)5-6-17(12)20-14(3)18(24)22-19-21-13(2)15(4)26-19/h5-6,11,14,20H,7-10H2,1-4H3,(H,21,22,24)/t14-/m0/s1. The Bertz CT molecular complexity index is 764. The van der Waals surface area contributed by atoms with E-state index in [1.165, 1.54) is 28.5 Å². The van der Waals surface area contributed by atoms with E-state index in [1.54, 1.807) is 0 Å². The summed E-state index contributed by atoms with van der Waals surface area (Å²) < 4.78 is 0. The van der Waals surface area contributed by atoms with Crippen LogP contribution in [0.3, 0.4) is 0 Å². The monoisotopic (exact) mass is 390 g/mol. The molecule has 1 saturated heterocycles. The van der Waals surface area contributed by atoms with E-state index < -0.39 is 0 Å². The number of thioether (sulfide) groups is 1. The maximum Gasteiger partial charge on any atom is 0.248 e. The molecule has 2 heterocycles. The molecule has 3 rings (SSSR count). The Morgan fingerprint density at radius 3 is 2.58 bits per heavy atom. The minimum absolute atomic E-state index is 0.0738. The first-order valence-electron chi connectivity index (χ1n) is 8.89. The molecule has 1 aromatic heterocycles. The third-order valence-corrected chi connectivity index (χ3v) is 6.54. The maximum absolute atomic E-state index is 12.4. The third kappa shape index (κ3) is 4.51. The first kappa shape index (κ1) is 19.0. The van der Waals surface area contributed by atoms with Gasteiger partial charge in [-0.15, -0.1) is 11.3 Å². The van der Waals surface area contributed by atoms with Crippen LogP contribution in [0.2, 0.25) is 0 Å². The van der Waals surface area contributed by atoms with Crippen LogP contribution in [0, 0.1) is 20.8 Å². The van der Waals surface area contributed by atoms with Crippen molar-refractivity contribution >= 4 is 45.5 Å². The van der Waals surface area contributed by atoms with E-state index in [1.807, 2.05) is 32.5 Å². The van der Waals surface area contributed by atoms with Crippen molar-refractivity contribution in [2.45, 2.75) is 33.7 Å². The van der Waals surface area contributed by atoms with Crippen molar-refractivity contribution in [3.8, 4) is 0 Å². The number of aromatic nitrogens is 1. The molecule has 0 unspecified atom stereocenters. The van der Waals surface area contributed by atoms with Crippen LogP contribution in [0.15, 0.2) is 18.2 Å². The fourth-order valence-electron chi connectivity index (χ4n) is 2.87. The molecular weight excluding hydrogens is 364 g/mol. The van der Waals surface area contributed by atoms with Gasteiger partial charge in [-0.05, 0) is 51.5 Å². The highest BCUT2D eigenvalue weighted by molar-refractivity contribution is 7.99. The van der Waals surface area contributed by atoms with Gasteiger partial charge in [0.2, 0.25) is 5.91 Å². The summed E-state index contributed by atoms with van der Waals surface area (Å²) in [6.07, 6.45) is 0. The van der Waals surface area contributed by atoms with E-state index in [-0.39, 0.29) is 11.9 Å². The Morgan fingerprint density at radius 2 is 1.96 bits per heavy atom. The average molecular weight is 391 g/mol. The molecule has 1 aliphatic heterocycles. The van der Waals surface area contributed by atoms with Gasteiger partial charge in [0.1, 0.15) is 6.04 Å². The van der Waals surface area contributed by atoms with Gasteiger partial charge in [0.25, 0.3) is 0 Å². The van der Waals surface area contributed by atoms with Gasteiger partial charge in [0.15, 0.2) is 5.13 Å². The normalized spacial score (nSPS) is 15.6. The Morgan fingerprint density at radius 1 is 1.23 bits per heavy atom. The second kappa shape index (κ2) is 8.31. The summed E-state index contributed by atoms with van der Waals surface area (Å²) in [4.78, 5) is 20.4. The summed E-state index contributed by atoms with van der Waals surface area (Å²) in [5.74, 6) is 2.30. The van der Waals surface area contributed by atoms with Crippen LogP contribution in [0.1, 0.15) is 23.1 Å². The summed E-state index contributed by atoms with van der Waals surface area (Å²) >= 11 is 3.52. The number of anilines is 3. The summed E-state index contributed by atoms with van der Waals surface area (Å²) in [6, 6.07) is 6.09. The van der Waals surface area contributed by atoms with Crippen molar-refractivity contribution in [3.63, 3.8) is 0 Å². The second-order valence-electron chi connectivity index (χ2n) is 6.61. The van der Waals surface area contributed by atoms with Crippen molar-refractivity contribution in [1.29, 1.82) is 0 Å². The summed E-state index contributed by atoms with van der Waals surface area (Å²) in [6.45, 7) is 10.1. The highest BCUT2D eigenvalue weighted by Crippen LogP contribution is 2.26. The summed E-state index contributed by atoms with van der Waals surface area (Å²) in [7, 11) is 0. The highest BCUT2D eigenvalue weighted by Gasteiger charge is 2.17. The fourth-order valence-corrected chi connectivity index (χ4v) is 4.59. The van der Waals surface area contributed by atoms with Crippen LogP contribution in [-0.2, 0) is 4.79 Å². The molecule has 0 saturated carbocycles. The number of carbonyl (C=O) groups is 1. The Labute approximate surface area is 163 Å². The number of nitrogens with one attached hydrogen (secondary N) is 2. The zero-order chi connectivity index (χ0) is 18.7. The number of hydrogen-bond acceptors (Lipinski definition) is 6. The van der Waals surface area contributed by atoms with Crippen molar-refractivity contribution in [3.05, 3.63) is 34.3 Å². The zero-order valence-corrected chi connectivity index (χ0v) is 17.4. The van der Waals surface area contributed by atoms with Crippen LogP contribution < -0.4 is 15.5 Å².